The Kier molecular flexibility index (Phi) is 11.2. The van der Waals surface area contributed by atoms with Crippen LogP contribution in [0.3, 0.4) is 0 Å². The molecule has 0 aromatic carbocycles. The molecule has 0 atom stereocenters. The Morgan fingerprint density at radius 1 is 1.14 bits per heavy atom. The van der Waals surface area contributed by atoms with Gasteiger partial charge in [0, 0.05) is 8.80 Å². The summed E-state index contributed by atoms with van der Waals surface area (Å²) in [5.41, 5.74) is 0. The van der Waals surface area contributed by atoms with Crippen LogP contribution in [0.2, 0.25) is 18.6 Å². The van der Waals surface area contributed by atoms with Crippen molar-refractivity contribution in [3.05, 3.63) is 0 Å². The predicted molar refractivity (Wildman–Crippen MR) is 39.7 cm³/mol. The number of hydrogen-bond donors (Lipinski definition) is 0. The minimum absolute atomic E-state index is 0. The fourth-order valence-corrected chi connectivity index (χ4v) is 0.750. The molecule has 0 aliphatic rings. The third-order valence-corrected chi connectivity index (χ3v) is 3.62. The Balaban J connectivity index is 0. The van der Waals surface area contributed by atoms with Crippen LogP contribution in [0.25, 0.3) is 0 Å². The molecule has 0 heterocycles. The SMILES string of the molecule is CC[Si](C)CC.[PbH]. The molecule has 4 radical (unpaired) electrons. The van der Waals surface area contributed by atoms with Gasteiger partial charge < -0.3 is 0 Å². The number of rotatable bonds is 2. The van der Waals surface area contributed by atoms with Crippen LogP contribution < -0.4 is 0 Å². The zero-order valence-electron chi connectivity index (χ0n) is 5.49. The quantitative estimate of drug-likeness (QED) is 0.678. The Hall–Kier alpha value is 1.14. The van der Waals surface area contributed by atoms with Gasteiger partial charge in [-0.05, 0) is 0 Å². The Bertz CT molecular complexity index is 27.3. The summed E-state index contributed by atoms with van der Waals surface area (Å²) < 4.78 is 0. The molecule has 2 heteroatoms. The molecule has 7 heavy (non-hydrogen) atoms. The first kappa shape index (κ1) is 11.0. The molecule has 0 aliphatic heterocycles. The van der Waals surface area contributed by atoms with Crippen LogP contribution in [0.5, 0.6) is 0 Å². The summed E-state index contributed by atoms with van der Waals surface area (Å²) in [6.07, 6.45) is 0. The van der Waals surface area contributed by atoms with E-state index in [2.05, 4.69) is 20.4 Å². The maximum atomic E-state index is 2.38. The van der Waals surface area contributed by atoms with E-state index in [9.17, 15) is 0 Å². The molecule has 0 saturated heterocycles. The molecule has 0 spiro atoms. The van der Waals surface area contributed by atoms with E-state index in [-0.39, 0.29) is 36.1 Å². The van der Waals surface area contributed by atoms with Crippen LogP contribution >= 0.6 is 0 Å². The summed E-state index contributed by atoms with van der Waals surface area (Å²) in [6, 6.07) is 2.86. The van der Waals surface area contributed by atoms with Gasteiger partial charge in [0.15, 0.2) is 0 Å². The summed E-state index contributed by atoms with van der Waals surface area (Å²) in [4.78, 5) is 0. The van der Waals surface area contributed by atoms with Gasteiger partial charge in [0.2, 0.25) is 0 Å². The summed E-state index contributed by atoms with van der Waals surface area (Å²) in [7, 11) is 0.132. The monoisotopic (exact) mass is 310 g/mol. The zero-order chi connectivity index (χ0) is 4.99. The van der Waals surface area contributed by atoms with Gasteiger partial charge in [-0.1, -0.05) is 32.5 Å². The van der Waals surface area contributed by atoms with Crippen molar-refractivity contribution in [3.8, 4) is 0 Å². The summed E-state index contributed by atoms with van der Waals surface area (Å²) >= 11 is 0. The fraction of sp³-hybridized carbons (Fsp3) is 1.00. The van der Waals surface area contributed by atoms with E-state index in [4.69, 9.17) is 0 Å². The van der Waals surface area contributed by atoms with E-state index in [1.807, 2.05) is 0 Å². The van der Waals surface area contributed by atoms with Gasteiger partial charge in [-0.15, -0.1) is 0 Å². The van der Waals surface area contributed by atoms with E-state index < -0.39 is 0 Å². The van der Waals surface area contributed by atoms with Crippen LogP contribution in [0.15, 0.2) is 0 Å². The van der Waals surface area contributed by atoms with E-state index in [1.165, 1.54) is 12.1 Å². The molecule has 0 aliphatic carbocycles. The van der Waals surface area contributed by atoms with E-state index in [0.29, 0.717) is 0 Å². The molecule has 0 unspecified atom stereocenters. The summed E-state index contributed by atoms with van der Waals surface area (Å²) in [5, 5.41) is 0. The third-order valence-electron chi connectivity index (χ3n) is 1.21. The second kappa shape index (κ2) is 7.14. The van der Waals surface area contributed by atoms with Crippen molar-refractivity contribution in [2.24, 2.45) is 0 Å². The van der Waals surface area contributed by atoms with Crippen molar-refractivity contribution in [1.29, 1.82) is 0 Å². The first-order valence-electron chi connectivity index (χ1n) is 2.62. The van der Waals surface area contributed by atoms with Crippen LogP contribution in [-0.4, -0.2) is 36.1 Å². The van der Waals surface area contributed by atoms with E-state index >= 15 is 0 Å². The first-order valence-corrected chi connectivity index (χ1v) is 5.04. The van der Waals surface area contributed by atoms with E-state index in [1.54, 1.807) is 0 Å². The van der Waals surface area contributed by atoms with E-state index in [0.717, 1.165) is 0 Å². The number of hydrogen-bond acceptors (Lipinski definition) is 0. The van der Waals surface area contributed by atoms with Crippen molar-refractivity contribution < 1.29 is 0 Å². The zero-order valence-corrected chi connectivity index (χ0v) is 11.0. The molecule has 0 saturated carbocycles. The molecular formula is C5H14PbSi. The third kappa shape index (κ3) is 7.14. The van der Waals surface area contributed by atoms with Gasteiger partial charge in [-0.25, -0.2) is 0 Å². The molecule has 0 N–H and O–H groups in total. The molecular weight excluding hydrogens is 295 g/mol. The van der Waals surface area contributed by atoms with Gasteiger partial charge in [0.25, 0.3) is 0 Å². The molecule has 0 aromatic heterocycles. The molecule has 0 rings (SSSR count). The second-order valence-corrected chi connectivity index (χ2v) is 4.99. The Morgan fingerprint density at radius 2 is 1.43 bits per heavy atom. The van der Waals surface area contributed by atoms with Gasteiger partial charge in [0.05, 0.1) is 0 Å². The van der Waals surface area contributed by atoms with Gasteiger partial charge >= 0.3 is 27.3 Å². The van der Waals surface area contributed by atoms with Gasteiger partial charge in [0.1, 0.15) is 0 Å². The average molecular weight is 309 g/mol. The second-order valence-electron chi connectivity index (χ2n) is 1.66. The van der Waals surface area contributed by atoms with Crippen LogP contribution in [0.1, 0.15) is 13.8 Å². The normalized spacial score (nSPS) is 8.57. The van der Waals surface area contributed by atoms with Crippen LogP contribution in [-0.2, 0) is 0 Å². The van der Waals surface area contributed by atoms with Crippen LogP contribution in [0, 0.1) is 0 Å². The Morgan fingerprint density at radius 3 is 1.43 bits per heavy atom. The Labute approximate surface area is 68.5 Å². The molecule has 0 fully saturated rings. The fourth-order valence-electron chi connectivity index (χ4n) is 0.250. The first-order chi connectivity index (χ1) is 2.81. The molecule has 0 aromatic rings. The standard InChI is InChI=1S/C5H13Si.Pb.H/c1-4-6(3)5-2;;/h4-5H2,1-3H3;;. The molecule has 0 bridgehead atoms. The van der Waals surface area contributed by atoms with Gasteiger partial charge in [-0.3, -0.25) is 0 Å². The van der Waals surface area contributed by atoms with Crippen molar-refractivity contribution in [2.75, 3.05) is 0 Å². The van der Waals surface area contributed by atoms with Crippen molar-refractivity contribution in [1.82, 2.24) is 0 Å². The summed E-state index contributed by atoms with van der Waals surface area (Å²) in [6.45, 7) is 6.93. The maximum absolute atomic E-state index is 2.38. The molecule has 42 valence electrons. The summed E-state index contributed by atoms with van der Waals surface area (Å²) in [5.74, 6) is 0. The molecule has 0 nitrogen and oxygen atoms in total. The van der Waals surface area contributed by atoms with Crippen molar-refractivity contribution in [2.45, 2.75) is 32.5 Å². The van der Waals surface area contributed by atoms with Crippen LogP contribution in [0.4, 0.5) is 0 Å². The van der Waals surface area contributed by atoms with Crippen molar-refractivity contribution in [3.63, 3.8) is 0 Å². The van der Waals surface area contributed by atoms with Crippen molar-refractivity contribution >= 4 is 36.1 Å². The minimum atomic E-state index is 0. The predicted octanol–water partition coefficient (Wildman–Crippen LogP) is 1.50. The topological polar surface area (TPSA) is 0 Å². The average Bonchev–Trinajstić information content (AvgIpc) is 1.65. The van der Waals surface area contributed by atoms with Gasteiger partial charge in [-0.2, -0.15) is 0 Å². The molecule has 0 amide bonds.